The van der Waals surface area contributed by atoms with Gasteiger partial charge < -0.3 is 5.32 Å². The van der Waals surface area contributed by atoms with E-state index in [1.165, 1.54) is 54.6 Å². The largest absolute Gasteiger partial charge is 0.322 e. The fourth-order valence-electron chi connectivity index (χ4n) is 4.01. The first-order valence-corrected chi connectivity index (χ1v) is 15.3. The van der Waals surface area contributed by atoms with Crippen LogP contribution in [0.3, 0.4) is 0 Å². The Balaban J connectivity index is 1.31. The number of sulfonamides is 2. The van der Waals surface area contributed by atoms with E-state index < -0.39 is 26.0 Å². The van der Waals surface area contributed by atoms with Gasteiger partial charge in [0.15, 0.2) is 0 Å². The Morgan fingerprint density at radius 2 is 1.20 bits per heavy atom. The lowest BCUT2D eigenvalue weighted by Gasteiger charge is -2.13. The first-order chi connectivity index (χ1) is 19.1. The minimum atomic E-state index is -3.90. The standard InChI is InChI=1S/C29H22ClN3O5S2/c30-27-18-15-22(32-39(35,36)23-9-2-1-3-10-23)19-26(27)29(34)31-21-13-16-24(17-14-21)40(37,38)33-28-12-6-8-20-7-4-5-11-25(20)28/h1-19,32-33H,(H,31,34). The lowest BCUT2D eigenvalue weighted by molar-refractivity contribution is 0.102. The van der Waals surface area contributed by atoms with Crippen molar-refractivity contribution in [2.75, 3.05) is 14.8 Å². The average molecular weight is 592 g/mol. The van der Waals surface area contributed by atoms with Crippen LogP contribution in [0.2, 0.25) is 5.02 Å². The van der Waals surface area contributed by atoms with Gasteiger partial charge in [0.25, 0.3) is 26.0 Å². The molecule has 0 spiro atoms. The van der Waals surface area contributed by atoms with Crippen LogP contribution in [0.15, 0.2) is 125 Å². The molecule has 8 nitrogen and oxygen atoms in total. The van der Waals surface area contributed by atoms with Gasteiger partial charge in [-0.2, -0.15) is 0 Å². The molecule has 0 fully saturated rings. The summed E-state index contributed by atoms with van der Waals surface area (Å²) in [5, 5.41) is 4.43. The van der Waals surface area contributed by atoms with Crippen molar-refractivity contribution in [1.82, 2.24) is 0 Å². The van der Waals surface area contributed by atoms with Gasteiger partial charge in [-0.05, 0) is 66.0 Å². The van der Waals surface area contributed by atoms with Gasteiger partial charge in [-0.25, -0.2) is 16.8 Å². The van der Waals surface area contributed by atoms with E-state index in [9.17, 15) is 21.6 Å². The number of amides is 1. The lowest BCUT2D eigenvalue weighted by Crippen LogP contribution is -2.16. The molecule has 1 amide bonds. The number of carbonyl (C=O) groups excluding carboxylic acids is 1. The number of fused-ring (bicyclic) bond motifs is 1. The van der Waals surface area contributed by atoms with Gasteiger partial charge in [0.2, 0.25) is 0 Å². The second-order valence-electron chi connectivity index (χ2n) is 8.72. The Labute approximate surface area is 236 Å². The van der Waals surface area contributed by atoms with E-state index in [1.807, 2.05) is 30.3 Å². The van der Waals surface area contributed by atoms with E-state index in [2.05, 4.69) is 14.8 Å². The van der Waals surface area contributed by atoms with E-state index in [1.54, 1.807) is 30.3 Å². The predicted molar refractivity (Wildman–Crippen MR) is 158 cm³/mol. The van der Waals surface area contributed by atoms with Crippen LogP contribution >= 0.6 is 11.6 Å². The predicted octanol–water partition coefficient (Wildman–Crippen LogP) is 6.35. The van der Waals surface area contributed by atoms with Crippen LogP contribution < -0.4 is 14.8 Å². The highest BCUT2D eigenvalue weighted by Crippen LogP contribution is 2.27. The number of nitrogens with one attached hydrogen (secondary N) is 3. The molecule has 0 saturated heterocycles. The topological polar surface area (TPSA) is 121 Å². The summed E-state index contributed by atoms with van der Waals surface area (Å²) in [5.41, 5.74) is 0.956. The minimum absolute atomic E-state index is 0.00813. The van der Waals surface area contributed by atoms with Crippen LogP contribution in [0.5, 0.6) is 0 Å². The molecule has 0 aliphatic heterocycles. The molecule has 0 heterocycles. The lowest BCUT2D eigenvalue weighted by atomic mass is 10.1. The van der Waals surface area contributed by atoms with Crippen molar-refractivity contribution in [3.63, 3.8) is 0 Å². The van der Waals surface area contributed by atoms with Crippen molar-refractivity contribution in [3.8, 4) is 0 Å². The number of halogens is 1. The smallest absolute Gasteiger partial charge is 0.261 e. The normalized spacial score (nSPS) is 11.6. The maximum atomic E-state index is 13.0. The molecule has 0 bridgehead atoms. The maximum absolute atomic E-state index is 13.0. The Kier molecular flexibility index (Phi) is 7.49. The molecule has 0 unspecified atom stereocenters. The second kappa shape index (κ2) is 11.0. The molecule has 11 heteroatoms. The third-order valence-corrected chi connectivity index (χ3v) is 9.08. The molecule has 0 aromatic heterocycles. The van der Waals surface area contributed by atoms with Crippen LogP contribution in [0.4, 0.5) is 17.1 Å². The molecule has 202 valence electrons. The summed E-state index contributed by atoms with van der Waals surface area (Å²) in [6, 6.07) is 30.4. The molecule has 0 saturated carbocycles. The summed E-state index contributed by atoms with van der Waals surface area (Å²) >= 11 is 6.22. The van der Waals surface area contributed by atoms with Crippen LogP contribution in [0.25, 0.3) is 10.8 Å². The summed E-state index contributed by atoms with van der Waals surface area (Å²) in [4.78, 5) is 13.0. The van der Waals surface area contributed by atoms with Crippen LogP contribution in [0, 0.1) is 0 Å². The van der Waals surface area contributed by atoms with Crippen molar-refractivity contribution in [2.24, 2.45) is 0 Å². The van der Waals surface area contributed by atoms with E-state index in [4.69, 9.17) is 11.6 Å². The van der Waals surface area contributed by atoms with E-state index in [0.29, 0.717) is 11.4 Å². The third kappa shape index (κ3) is 5.94. The van der Waals surface area contributed by atoms with Crippen molar-refractivity contribution >= 4 is 65.4 Å². The monoisotopic (exact) mass is 591 g/mol. The Morgan fingerprint density at radius 3 is 1.95 bits per heavy atom. The van der Waals surface area contributed by atoms with Crippen LogP contribution in [-0.2, 0) is 20.0 Å². The number of anilines is 3. The van der Waals surface area contributed by atoms with Crippen LogP contribution in [-0.4, -0.2) is 22.7 Å². The molecule has 5 aromatic carbocycles. The summed E-state index contributed by atoms with van der Waals surface area (Å²) in [6.45, 7) is 0. The van der Waals surface area contributed by atoms with Crippen molar-refractivity contribution in [2.45, 2.75) is 9.79 Å². The van der Waals surface area contributed by atoms with E-state index in [-0.39, 0.29) is 26.1 Å². The fraction of sp³-hybridized carbons (Fsp3) is 0. The zero-order valence-corrected chi connectivity index (χ0v) is 23.1. The Hall–Kier alpha value is -4.38. The molecule has 5 rings (SSSR count). The molecule has 40 heavy (non-hydrogen) atoms. The third-order valence-electron chi connectivity index (χ3n) is 5.97. The van der Waals surface area contributed by atoms with Gasteiger partial charge in [-0.1, -0.05) is 66.2 Å². The molecule has 0 atom stereocenters. The molecule has 0 radical (unpaired) electrons. The second-order valence-corrected chi connectivity index (χ2v) is 12.5. The Morgan fingerprint density at radius 1 is 0.600 bits per heavy atom. The summed E-state index contributed by atoms with van der Waals surface area (Å²) in [7, 11) is -7.77. The molecule has 5 aromatic rings. The fourth-order valence-corrected chi connectivity index (χ4v) is 6.36. The van der Waals surface area contributed by atoms with E-state index >= 15 is 0 Å². The highest BCUT2D eigenvalue weighted by molar-refractivity contribution is 7.93. The maximum Gasteiger partial charge on any atom is 0.261 e. The summed E-state index contributed by atoms with van der Waals surface area (Å²) in [5.74, 6) is -0.602. The zero-order valence-electron chi connectivity index (χ0n) is 20.7. The number of rotatable bonds is 8. The SMILES string of the molecule is O=C(Nc1ccc(S(=O)(=O)Nc2cccc3ccccc23)cc1)c1cc(NS(=O)(=O)c2ccccc2)ccc1Cl. The molecule has 3 N–H and O–H groups in total. The molecule has 0 aliphatic rings. The van der Waals surface area contributed by atoms with Crippen molar-refractivity contribution in [1.29, 1.82) is 0 Å². The molecule has 0 aliphatic carbocycles. The quantitative estimate of drug-likeness (QED) is 0.194. The highest BCUT2D eigenvalue weighted by atomic mass is 35.5. The minimum Gasteiger partial charge on any atom is -0.322 e. The van der Waals surface area contributed by atoms with Gasteiger partial charge in [0.05, 0.1) is 26.1 Å². The molecular formula is C29H22ClN3O5S2. The highest BCUT2D eigenvalue weighted by Gasteiger charge is 2.18. The molecular weight excluding hydrogens is 570 g/mol. The summed E-state index contributed by atoms with van der Waals surface area (Å²) in [6.07, 6.45) is 0. The van der Waals surface area contributed by atoms with E-state index in [0.717, 1.165) is 10.8 Å². The van der Waals surface area contributed by atoms with Gasteiger partial charge in [-0.3, -0.25) is 14.2 Å². The van der Waals surface area contributed by atoms with Gasteiger partial charge in [-0.15, -0.1) is 0 Å². The zero-order chi connectivity index (χ0) is 28.3. The first kappa shape index (κ1) is 27.2. The van der Waals surface area contributed by atoms with Gasteiger partial charge >= 0.3 is 0 Å². The number of carbonyl (C=O) groups is 1. The summed E-state index contributed by atoms with van der Waals surface area (Å²) < 4.78 is 56.4. The van der Waals surface area contributed by atoms with Crippen LogP contribution in [0.1, 0.15) is 10.4 Å². The van der Waals surface area contributed by atoms with Gasteiger partial charge in [0.1, 0.15) is 0 Å². The van der Waals surface area contributed by atoms with Crippen molar-refractivity contribution < 1.29 is 21.6 Å². The number of benzene rings is 5. The average Bonchev–Trinajstić information content (AvgIpc) is 2.95. The van der Waals surface area contributed by atoms with Gasteiger partial charge in [0, 0.05) is 16.8 Å². The van der Waals surface area contributed by atoms with Crippen molar-refractivity contribution in [3.05, 3.63) is 126 Å². The number of hydrogen-bond donors (Lipinski definition) is 3. The Bertz CT molecular complexity index is 1930. The first-order valence-electron chi connectivity index (χ1n) is 11.9. The number of hydrogen-bond acceptors (Lipinski definition) is 5.